The number of benzene rings is 2. The molecular formula is C22H19Cl2N3O2. The molecule has 1 fully saturated rings. The van der Waals surface area contributed by atoms with Gasteiger partial charge in [0, 0.05) is 17.9 Å². The molecule has 5 nitrogen and oxygen atoms in total. The quantitative estimate of drug-likeness (QED) is 0.513. The summed E-state index contributed by atoms with van der Waals surface area (Å²) in [6.45, 7) is 0. The lowest BCUT2D eigenvalue weighted by molar-refractivity contribution is -0.122. The van der Waals surface area contributed by atoms with Crippen molar-refractivity contribution in [2.45, 2.75) is 24.9 Å². The standard InChI is InChI=1S/C22H19Cl2N3O2/c23-15-12-19(24)22(25-13-15)29-18-10-8-16(9-11-18)26-20(14-4-2-1-3-5-14)21(28)27-17-6-7-17/h1-5,8-13,17,20,26H,6-7H2,(H,27,28). The molecule has 1 atom stereocenters. The van der Waals surface area contributed by atoms with Gasteiger partial charge in [-0.1, -0.05) is 53.5 Å². The highest BCUT2D eigenvalue weighted by Gasteiger charge is 2.28. The van der Waals surface area contributed by atoms with Gasteiger partial charge in [-0.3, -0.25) is 4.79 Å². The van der Waals surface area contributed by atoms with Crippen molar-refractivity contribution in [1.82, 2.24) is 10.3 Å². The first-order valence-corrected chi connectivity index (χ1v) is 10.0. The van der Waals surface area contributed by atoms with Gasteiger partial charge < -0.3 is 15.4 Å². The van der Waals surface area contributed by atoms with Gasteiger partial charge in [-0.2, -0.15) is 0 Å². The molecule has 1 heterocycles. The van der Waals surface area contributed by atoms with Gasteiger partial charge in [0.05, 0.1) is 5.02 Å². The fourth-order valence-electron chi connectivity index (χ4n) is 2.83. The zero-order valence-electron chi connectivity index (χ0n) is 15.4. The van der Waals surface area contributed by atoms with Crippen LogP contribution in [0.4, 0.5) is 5.69 Å². The zero-order valence-corrected chi connectivity index (χ0v) is 17.0. The van der Waals surface area contributed by atoms with E-state index < -0.39 is 6.04 Å². The first kappa shape index (κ1) is 19.6. The molecule has 2 aromatic carbocycles. The summed E-state index contributed by atoms with van der Waals surface area (Å²) in [4.78, 5) is 16.8. The van der Waals surface area contributed by atoms with E-state index in [0.29, 0.717) is 21.8 Å². The molecule has 3 aromatic rings. The van der Waals surface area contributed by atoms with Crippen LogP contribution >= 0.6 is 23.2 Å². The minimum Gasteiger partial charge on any atom is -0.438 e. The molecule has 1 unspecified atom stereocenters. The van der Waals surface area contributed by atoms with Crippen LogP contribution in [0, 0.1) is 0 Å². The monoisotopic (exact) mass is 427 g/mol. The molecule has 0 spiro atoms. The van der Waals surface area contributed by atoms with Crippen LogP contribution in [0.1, 0.15) is 24.4 Å². The Labute approximate surface area is 179 Å². The summed E-state index contributed by atoms with van der Waals surface area (Å²) in [6.07, 6.45) is 3.56. The number of pyridine rings is 1. The van der Waals surface area contributed by atoms with E-state index in [1.807, 2.05) is 42.5 Å². The second kappa shape index (κ2) is 8.72. The van der Waals surface area contributed by atoms with Crippen LogP contribution in [0.25, 0.3) is 0 Å². The third-order valence-corrected chi connectivity index (χ3v) is 4.95. The molecule has 0 saturated heterocycles. The molecular weight excluding hydrogens is 409 g/mol. The number of carbonyl (C=O) groups is 1. The Morgan fingerprint density at radius 2 is 1.79 bits per heavy atom. The second-order valence-electron chi connectivity index (χ2n) is 6.84. The Bertz CT molecular complexity index is 993. The lowest BCUT2D eigenvalue weighted by atomic mass is 10.1. The maximum absolute atomic E-state index is 12.7. The molecule has 1 saturated carbocycles. The number of hydrogen-bond donors (Lipinski definition) is 2. The molecule has 4 rings (SSSR count). The van der Waals surface area contributed by atoms with E-state index in [0.717, 1.165) is 24.1 Å². The molecule has 1 aromatic heterocycles. The molecule has 0 bridgehead atoms. The number of nitrogens with one attached hydrogen (secondary N) is 2. The van der Waals surface area contributed by atoms with Gasteiger partial charge in [0.2, 0.25) is 11.8 Å². The van der Waals surface area contributed by atoms with Gasteiger partial charge in [-0.15, -0.1) is 0 Å². The van der Waals surface area contributed by atoms with Crippen molar-refractivity contribution in [2.75, 3.05) is 5.32 Å². The van der Waals surface area contributed by atoms with Crippen LogP contribution < -0.4 is 15.4 Å². The van der Waals surface area contributed by atoms with E-state index >= 15 is 0 Å². The average Bonchev–Trinajstić information content (AvgIpc) is 3.54. The van der Waals surface area contributed by atoms with E-state index in [2.05, 4.69) is 15.6 Å². The molecule has 1 aliphatic rings. The Kier molecular flexibility index (Phi) is 5.88. The summed E-state index contributed by atoms with van der Waals surface area (Å²) in [7, 11) is 0. The maximum Gasteiger partial charge on any atom is 0.247 e. The number of hydrogen-bond acceptors (Lipinski definition) is 4. The van der Waals surface area contributed by atoms with E-state index in [9.17, 15) is 4.79 Å². The van der Waals surface area contributed by atoms with Gasteiger partial charge >= 0.3 is 0 Å². The number of anilines is 1. The third-order valence-electron chi connectivity index (χ3n) is 4.47. The predicted octanol–water partition coefficient (Wildman–Crippen LogP) is 5.61. The summed E-state index contributed by atoms with van der Waals surface area (Å²) in [5.41, 5.74) is 1.70. The average molecular weight is 428 g/mol. The third kappa shape index (κ3) is 5.19. The molecule has 7 heteroatoms. The summed E-state index contributed by atoms with van der Waals surface area (Å²) < 4.78 is 5.71. The first-order valence-electron chi connectivity index (χ1n) is 9.29. The maximum atomic E-state index is 12.7. The number of ether oxygens (including phenoxy) is 1. The number of rotatable bonds is 7. The van der Waals surface area contributed by atoms with Crippen LogP contribution in [0.15, 0.2) is 66.9 Å². The number of amides is 1. The highest BCUT2D eigenvalue weighted by Crippen LogP contribution is 2.30. The number of aromatic nitrogens is 1. The van der Waals surface area contributed by atoms with E-state index in [1.54, 1.807) is 18.2 Å². The zero-order chi connectivity index (χ0) is 20.2. The lowest BCUT2D eigenvalue weighted by Gasteiger charge is -2.20. The van der Waals surface area contributed by atoms with Crippen molar-refractivity contribution < 1.29 is 9.53 Å². The fraction of sp³-hybridized carbons (Fsp3) is 0.182. The molecule has 0 aliphatic heterocycles. The molecule has 1 amide bonds. The molecule has 0 radical (unpaired) electrons. The summed E-state index contributed by atoms with van der Waals surface area (Å²) in [5, 5.41) is 7.16. The van der Waals surface area contributed by atoms with E-state index in [-0.39, 0.29) is 11.8 Å². The Morgan fingerprint density at radius 3 is 2.45 bits per heavy atom. The topological polar surface area (TPSA) is 63.2 Å². The predicted molar refractivity (Wildman–Crippen MR) is 115 cm³/mol. The van der Waals surface area contributed by atoms with Gasteiger partial charge in [0.15, 0.2) is 0 Å². The van der Waals surface area contributed by atoms with Crippen LogP contribution in [0.3, 0.4) is 0 Å². The van der Waals surface area contributed by atoms with Crippen molar-refractivity contribution in [1.29, 1.82) is 0 Å². The van der Waals surface area contributed by atoms with E-state index in [4.69, 9.17) is 27.9 Å². The normalized spacial score (nSPS) is 14.1. The molecule has 148 valence electrons. The highest BCUT2D eigenvalue weighted by molar-refractivity contribution is 6.35. The van der Waals surface area contributed by atoms with Gasteiger partial charge in [0.1, 0.15) is 16.8 Å². The van der Waals surface area contributed by atoms with Crippen molar-refractivity contribution in [3.63, 3.8) is 0 Å². The van der Waals surface area contributed by atoms with Gasteiger partial charge in [-0.05, 0) is 48.7 Å². The largest absolute Gasteiger partial charge is 0.438 e. The van der Waals surface area contributed by atoms with Gasteiger partial charge in [-0.25, -0.2) is 4.98 Å². The van der Waals surface area contributed by atoms with Crippen molar-refractivity contribution in [3.05, 3.63) is 82.5 Å². The molecule has 29 heavy (non-hydrogen) atoms. The summed E-state index contributed by atoms with van der Waals surface area (Å²) in [5.74, 6) is 0.824. The SMILES string of the molecule is O=C(NC1CC1)C(Nc1ccc(Oc2ncc(Cl)cc2Cl)cc1)c1ccccc1. The summed E-state index contributed by atoms with van der Waals surface area (Å²) >= 11 is 12.0. The Morgan fingerprint density at radius 1 is 1.07 bits per heavy atom. The van der Waals surface area contributed by atoms with Crippen molar-refractivity contribution in [2.24, 2.45) is 0 Å². The van der Waals surface area contributed by atoms with Crippen LogP contribution in [0.2, 0.25) is 10.0 Å². The lowest BCUT2D eigenvalue weighted by Crippen LogP contribution is -2.34. The number of halogens is 2. The Hall–Kier alpha value is -2.76. The number of carbonyl (C=O) groups excluding carboxylic acids is 1. The first-order chi connectivity index (χ1) is 14.1. The van der Waals surface area contributed by atoms with Crippen LogP contribution in [0.5, 0.6) is 11.6 Å². The minimum absolute atomic E-state index is 0.0313. The molecule has 1 aliphatic carbocycles. The van der Waals surface area contributed by atoms with E-state index in [1.165, 1.54) is 6.20 Å². The van der Waals surface area contributed by atoms with Crippen LogP contribution in [-0.4, -0.2) is 16.9 Å². The Balaban J connectivity index is 1.48. The highest BCUT2D eigenvalue weighted by atomic mass is 35.5. The smallest absolute Gasteiger partial charge is 0.247 e. The van der Waals surface area contributed by atoms with Crippen molar-refractivity contribution in [3.8, 4) is 11.6 Å². The second-order valence-corrected chi connectivity index (χ2v) is 7.68. The summed E-state index contributed by atoms with van der Waals surface area (Å²) in [6, 6.07) is 18.3. The minimum atomic E-state index is -0.476. The van der Waals surface area contributed by atoms with Crippen LogP contribution in [-0.2, 0) is 4.79 Å². The molecule has 2 N–H and O–H groups in total. The van der Waals surface area contributed by atoms with Gasteiger partial charge in [0.25, 0.3) is 0 Å². The number of nitrogens with zero attached hydrogens (tertiary/aromatic N) is 1. The van der Waals surface area contributed by atoms with Crippen molar-refractivity contribution >= 4 is 34.8 Å². The fourth-order valence-corrected chi connectivity index (χ4v) is 3.25.